The number of benzene rings is 4. The highest BCUT2D eigenvalue weighted by Crippen LogP contribution is 2.29. The number of hydrogen-bond acceptors (Lipinski definition) is 4. The van der Waals surface area contributed by atoms with E-state index in [0.717, 1.165) is 16.9 Å². The molecular formula is C34H34N2O5. The molecule has 7 nitrogen and oxygen atoms in total. The van der Waals surface area contributed by atoms with E-state index < -0.39 is 5.97 Å². The summed E-state index contributed by atoms with van der Waals surface area (Å²) in [6.07, 6.45) is 0.382. The van der Waals surface area contributed by atoms with Gasteiger partial charge in [0.15, 0.2) is 0 Å². The number of carboxylic acids is 1. The van der Waals surface area contributed by atoms with Crippen LogP contribution in [0.3, 0.4) is 0 Å². The van der Waals surface area contributed by atoms with E-state index in [1.165, 1.54) is 0 Å². The van der Waals surface area contributed by atoms with Gasteiger partial charge < -0.3 is 19.6 Å². The van der Waals surface area contributed by atoms with Crippen molar-refractivity contribution in [2.45, 2.75) is 19.4 Å². The van der Waals surface area contributed by atoms with Gasteiger partial charge in [0.1, 0.15) is 5.75 Å². The Hall–Kier alpha value is -4.91. The topological polar surface area (TPSA) is 87.1 Å². The van der Waals surface area contributed by atoms with Crippen molar-refractivity contribution >= 4 is 17.8 Å². The van der Waals surface area contributed by atoms with Gasteiger partial charge in [-0.1, -0.05) is 78.9 Å². The first kappa shape index (κ1) is 29.1. The lowest BCUT2D eigenvalue weighted by molar-refractivity contribution is -0.137. The summed E-state index contributed by atoms with van der Waals surface area (Å²) in [6, 6.07) is 31.8. The first-order chi connectivity index (χ1) is 19.9. The molecule has 0 aliphatic heterocycles. The van der Waals surface area contributed by atoms with E-state index in [-0.39, 0.29) is 24.8 Å². The highest BCUT2D eigenvalue weighted by Gasteiger charge is 2.23. The van der Waals surface area contributed by atoms with E-state index in [0.29, 0.717) is 41.8 Å². The monoisotopic (exact) mass is 550 g/mol. The number of hydrogen-bond donors (Lipinski definition) is 1. The molecule has 2 amide bonds. The van der Waals surface area contributed by atoms with Crippen molar-refractivity contribution in [3.63, 3.8) is 0 Å². The third kappa shape index (κ3) is 7.60. The minimum atomic E-state index is -0.974. The summed E-state index contributed by atoms with van der Waals surface area (Å²) >= 11 is 0. The molecule has 0 saturated carbocycles. The average Bonchev–Trinajstić information content (AvgIpc) is 3.01. The summed E-state index contributed by atoms with van der Waals surface area (Å²) in [5, 5.41) is 9.35. The Balaban J connectivity index is 1.62. The summed E-state index contributed by atoms with van der Waals surface area (Å²) < 4.78 is 5.22. The maximum Gasteiger partial charge on any atom is 0.305 e. The maximum absolute atomic E-state index is 13.9. The van der Waals surface area contributed by atoms with E-state index in [9.17, 15) is 19.5 Å². The van der Waals surface area contributed by atoms with Crippen molar-refractivity contribution in [3.05, 3.63) is 125 Å². The largest absolute Gasteiger partial charge is 0.497 e. The van der Waals surface area contributed by atoms with Crippen LogP contribution in [0.4, 0.5) is 0 Å². The molecule has 0 aliphatic rings. The predicted molar refractivity (Wildman–Crippen MR) is 159 cm³/mol. The lowest BCUT2D eigenvalue weighted by Crippen LogP contribution is -2.35. The fraction of sp³-hybridized carbons (Fsp3) is 0.206. The quantitative estimate of drug-likeness (QED) is 0.241. The van der Waals surface area contributed by atoms with E-state index in [4.69, 9.17) is 4.74 Å². The van der Waals surface area contributed by atoms with Gasteiger partial charge in [-0.3, -0.25) is 14.4 Å². The Morgan fingerprint density at radius 3 is 1.83 bits per heavy atom. The number of amides is 2. The van der Waals surface area contributed by atoms with Crippen LogP contribution in [-0.2, 0) is 17.8 Å². The second kappa shape index (κ2) is 13.9. The van der Waals surface area contributed by atoms with Crippen molar-refractivity contribution in [1.82, 2.24) is 9.80 Å². The molecule has 7 heteroatoms. The Morgan fingerprint density at radius 2 is 1.24 bits per heavy atom. The number of methoxy groups -OCH3 is 1. The lowest BCUT2D eigenvalue weighted by atomic mass is 9.94. The predicted octanol–water partition coefficient (Wildman–Crippen LogP) is 5.79. The van der Waals surface area contributed by atoms with Gasteiger partial charge in [0, 0.05) is 37.8 Å². The van der Waals surface area contributed by atoms with Crippen LogP contribution in [0.15, 0.2) is 103 Å². The normalized spacial score (nSPS) is 10.6. The summed E-state index contributed by atoms with van der Waals surface area (Å²) in [4.78, 5) is 42.2. The molecule has 0 atom stereocenters. The molecule has 0 spiro atoms. The highest BCUT2D eigenvalue weighted by atomic mass is 16.5. The molecule has 0 bridgehead atoms. The molecule has 0 saturated heterocycles. The number of ether oxygens (including phenoxy) is 1. The zero-order chi connectivity index (χ0) is 29.2. The molecule has 0 radical (unpaired) electrons. The second-order valence-corrected chi connectivity index (χ2v) is 9.77. The minimum Gasteiger partial charge on any atom is -0.497 e. The Labute approximate surface area is 240 Å². The molecule has 1 N–H and O–H groups in total. The van der Waals surface area contributed by atoms with Crippen LogP contribution in [0.1, 0.15) is 38.3 Å². The van der Waals surface area contributed by atoms with Crippen LogP contribution in [0.5, 0.6) is 5.75 Å². The van der Waals surface area contributed by atoms with Crippen molar-refractivity contribution in [1.29, 1.82) is 0 Å². The van der Waals surface area contributed by atoms with Gasteiger partial charge in [0.05, 0.1) is 13.5 Å². The maximum atomic E-state index is 13.9. The molecule has 4 aromatic carbocycles. The zero-order valence-electron chi connectivity index (χ0n) is 23.3. The number of carbonyl (C=O) groups is 3. The lowest BCUT2D eigenvalue weighted by Gasteiger charge is -2.24. The summed E-state index contributed by atoms with van der Waals surface area (Å²) in [5.41, 5.74) is 4.20. The highest BCUT2D eigenvalue weighted by molar-refractivity contribution is 6.06. The van der Waals surface area contributed by atoms with Gasteiger partial charge in [-0.25, -0.2) is 0 Å². The smallest absolute Gasteiger partial charge is 0.305 e. The molecule has 0 heterocycles. The third-order valence-electron chi connectivity index (χ3n) is 6.93. The van der Waals surface area contributed by atoms with Gasteiger partial charge in [0.2, 0.25) is 0 Å². The van der Waals surface area contributed by atoms with Crippen LogP contribution < -0.4 is 4.74 Å². The van der Waals surface area contributed by atoms with Crippen LogP contribution in [-0.4, -0.2) is 59.9 Å². The fourth-order valence-corrected chi connectivity index (χ4v) is 4.72. The van der Waals surface area contributed by atoms with Crippen LogP contribution in [0.2, 0.25) is 0 Å². The van der Waals surface area contributed by atoms with Crippen molar-refractivity contribution in [2.75, 3.05) is 27.2 Å². The Kier molecular flexibility index (Phi) is 9.89. The molecule has 0 aliphatic carbocycles. The van der Waals surface area contributed by atoms with Gasteiger partial charge in [-0.2, -0.15) is 0 Å². The zero-order valence-corrected chi connectivity index (χ0v) is 23.3. The van der Waals surface area contributed by atoms with Crippen LogP contribution in [0.25, 0.3) is 11.1 Å². The first-order valence-electron chi connectivity index (χ1n) is 13.5. The van der Waals surface area contributed by atoms with E-state index in [2.05, 4.69) is 0 Å². The summed E-state index contributed by atoms with van der Waals surface area (Å²) in [7, 11) is 3.36. The van der Waals surface area contributed by atoms with Crippen LogP contribution >= 0.6 is 0 Å². The van der Waals surface area contributed by atoms with Gasteiger partial charge >= 0.3 is 5.97 Å². The molecule has 0 fully saturated rings. The number of carbonyl (C=O) groups excluding carboxylic acids is 2. The van der Waals surface area contributed by atoms with E-state index in [1.807, 2.05) is 84.9 Å². The van der Waals surface area contributed by atoms with E-state index in [1.54, 1.807) is 42.2 Å². The van der Waals surface area contributed by atoms with Crippen LogP contribution in [0, 0.1) is 0 Å². The standard InChI is InChI=1S/C34H34N2O5/c1-35(24-26-10-4-3-5-11-26)33(39)30-14-8-6-12-28(30)29-13-7-9-15-31(29)34(40)36(23-21-32(37)38)22-20-25-16-18-27(41-2)19-17-25/h3-19H,20-24H2,1-2H3,(H,37,38). The number of carboxylic acid groups (broad SMARTS) is 1. The molecule has 4 aromatic rings. The summed E-state index contributed by atoms with van der Waals surface area (Å²) in [5.74, 6) is -0.675. The molecular weight excluding hydrogens is 516 g/mol. The van der Waals surface area contributed by atoms with E-state index >= 15 is 0 Å². The third-order valence-corrected chi connectivity index (χ3v) is 6.93. The van der Waals surface area contributed by atoms with Crippen molar-refractivity contribution in [2.24, 2.45) is 0 Å². The minimum absolute atomic E-state index is 0.0685. The average molecular weight is 551 g/mol. The molecule has 0 unspecified atom stereocenters. The van der Waals surface area contributed by atoms with Gasteiger partial charge in [-0.15, -0.1) is 0 Å². The number of aliphatic carboxylic acids is 1. The molecule has 210 valence electrons. The summed E-state index contributed by atoms with van der Waals surface area (Å²) in [6.45, 7) is 0.856. The van der Waals surface area contributed by atoms with Crippen molar-refractivity contribution < 1.29 is 24.2 Å². The van der Waals surface area contributed by atoms with Gasteiger partial charge in [-0.05, 0) is 52.9 Å². The molecule has 0 aromatic heterocycles. The molecule has 41 heavy (non-hydrogen) atoms. The number of rotatable bonds is 12. The Bertz CT molecular complexity index is 1480. The SMILES string of the molecule is COc1ccc(CCN(CCC(=O)O)C(=O)c2ccccc2-c2ccccc2C(=O)N(C)Cc2ccccc2)cc1. The number of nitrogens with zero attached hydrogens (tertiary/aromatic N) is 2. The first-order valence-corrected chi connectivity index (χ1v) is 13.5. The molecule has 4 rings (SSSR count). The Morgan fingerprint density at radius 1 is 0.683 bits per heavy atom. The van der Waals surface area contributed by atoms with Crippen molar-refractivity contribution in [3.8, 4) is 16.9 Å². The second-order valence-electron chi connectivity index (χ2n) is 9.77. The van der Waals surface area contributed by atoms with Gasteiger partial charge in [0.25, 0.3) is 11.8 Å². The fourth-order valence-electron chi connectivity index (χ4n) is 4.72.